The van der Waals surface area contributed by atoms with Crippen LogP contribution >= 0.6 is 24.0 Å². The average Bonchev–Trinajstić information content (AvgIpc) is 3.17. The number of rotatable bonds is 8. The van der Waals surface area contributed by atoms with E-state index in [1.807, 2.05) is 17.9 Å². The summed E-state index contributed by atoms with van der Waals surface area (Å²) in [5, 5.41) is 7.62. The third-order valence-electron chi connectivity index (χ3n) is 4.63. The molecule has 0 radical (unpaired) electrons. The number of hydrogen-bond acceptors (Lipinski definition) is 2. The second kappa shape index (κ2) is 11.7. The maximum Gasteiger partial charge on any atom is 0.193 e. The van der Waals surface area contributed by atoms with Crippen LogP contribution in [0.15, 0.2) is 17.4 Å². The monoisotopic (exact) mass is 447 g/mol. The highest BCUT2D eigenvalue weighted by molar-refractivity contribution is 14.0. The summed E-state index contributed by atoms with van der Waals surface area (Å²) >= 11 is 0. The predicted molar refractivity (Wildman–Crippen MR) is 112 cm³/mol. The van der Waals surface area contributed by atoms with Crippen molar-refractivity contribution in [3.63, 3.8) is 0 Å². The van der Waals surface area contributed by atoms with Crippen LogP contribution in [0.5, 0.6) is 0 Å². The maximum absolute atomic E-state index is 4.78. The van der Waals surface area contributed by atoms with E-state index >= 15 is 0 Å². The lowest BCUT2D eigenvalue weighted by atomic mass is 10.0. The van der Waals surface area contributed by atoms with E-state index in [2.05, 4.69) is 35.5 Å². The van der Waals surface area contributed by atoms with Gasteiger partial charge in [0, 0.05) is 45.5 Å². The van der Waals surface area contributed by atoms with E-state index in [-0.39, 0.29) is 24.0 Å². The molecule has 2 rings (SSSR count). The van der Waals surface area contributed by atoms with Gasteiger partial charge in [0.25, 0.3) is 0 Å². The molecule has 0 atom stereocenters. The molecule has 0 bridgehead atoms. The van der Waals surface area contributed by atoms with Crippen LogP contribution in [-0.2, 0) is 13.6 Å². The number of nitrogens with one attached hydrogen (secondary N) is 1. The zero-order valence-corrected chi connectivity index (χ0v) is 17.8. The topological polar surface area (TPSA) is 45.5 Å². The molecule has 1 heterocycles. The van der Waals surface area contributed by atoms with Crippen LogP contribution in [0.3, 0.4) is 0 Å². The van der Waals surface area contributed by atoms with E-state index < -0.39 is 0 Å². The number of unbranched alkanes of at least 4 members (excludes halogenated alkanes) is 1. The number of aryl methyl sites for hydroxylation is 1. The lowest BCUT2D eigenvalue weighted by Crippen LogP contribution is -2.38. The first-order chi connectivity index (χ1) is 11.2. The standard InChI is InChI=1S/C18H33N5.HI/c1-4-19-18(22(2)14-17-13-21-23(3)15-17)20-12-8-7-11-16-9-5-6-10-16;/h13,15-16H,4-12,14H2,1-3H3,(H,19,20);1H. The highest BCUT2D eigenvalue weighted by Gasteiger charge is 2.14. The molecule has 138 valence electrons. The van der Waals surface area contributed by atoms with Gasteiger partial charge >= 0.3 is 0 Å². The van der Waals surface area contributed by atoms with Crippen LogP contribution < -0.4 is 5.32 Å². The van der Waals surface area contributed by atoms with Gasteiger partial charge in [0.2, 0.25) is 0 Å². The summed E-state index contributed by atoms with van der Waals surface area (Å²) < 4.78 is 1.84. The fourth-order valence-electron chi connectivity index (χ4n) is 3.40. The van der Waals surface area contributed by atoms with Gasteiger partial charge in [-0.15, -0.1) is 24.0 Å². The Balaban J connectivity index is 0.00000288. The number of halogens is 1. The van der Waals surface area contributed by atoms with Gasteiger partial charge < -0.3 is 10.2 Å². The zero-order chi connectivity index (χ0) is 16.5. The molecule has 1 saturated carbocycles. The van der Waals surface area contributed by atoms with Gasteiger partial charge in [-0.1, -0.05) is 38.5 Å². The molecule has 1 aromatic heterocycles. The lowest BCUT2D eigenvalue weighted by Gasteiger charge is -2.21. The van der Waals surface area contributed by atoms with Crippen molar-refractivity contribution in [1.82, 2.24) is 20.0 Å². The van der Waals surface area contributed by atoms with Crippen LogP contribution in [0.2, 0.25) is 0 Å². The molecule has 6 heteroatoms. The Morgan fingerprint density at radius 1 is 1.38 bits per heavy atom. The van der Waals surface area contributed by atoms with Gasteiger partial charge in [0.05, 0.1) is 6.20 Å². The van der Waals surface area contributed by atoms with Crippen molar-refractivity contribution in [2.24, 2.45) is 18.0 Å². The quantitative estimate of drug-likeness (QED) is 0.286. The van der Waals surface area contributed by atoms with E-state index in [0.717, 1.165) is 31.5 Å². The van der Waals surface area contributed by atoms with E-state index in [1.54, 1.807) is 0 Å². The molecule has 0 unspecified atom stereocenters. The third kappa shape index (κ3) is 7.40. The van der Waals surface area contributed by atoms with Crippen molar-refractivity contribution in [3.8, 4) is 0 Å². The summed E-state index contributed by atoms with van der Waals surface area (Å²) in [6.45, 7) is 4.78. The first-order valence-electron chi connectivity index (χ1n) is 9.16. The summed E-state index contributed by atoms with van der Waals surface area (Å²) in [4.78, 5) is 6.96. The predicted octanol–water partition coefficient (Wildman–Crippen LogP) is 3.80. The van der Waals surface area contributed by atoms with Gasteiger partial charge in [0.1, 0.15) is 0 Å². The summed E-state index contributed by atoms with van der Waals surface area (Å²) in [7, 11) is 4.04. The summed E-state index contributed by atoms with van der Waals surface area (Å²) in [6, 6.07) is 0. The van der Waals surface area contributed by atoms with Crippen molar-refractivity contribution in [2.45, 2.75) is 58.4 Å². The molecule has 0 saturated heterocycles. The molecule has 1 aliphatic carbocycles. The van der Waals surface area contributed by atoms with Crippen molar-refractivity contribution >= 4 is 29.9 Å². The number of hydrogen-bond donors (Lipinski definition) is 1. The average molecular weight is 447 g/mol. The number of aliphatic imine (C=N–C) groups is 1. The molecule has 5 nitrogen and oxygen atoms in total. The van der Waals surface area contributed by atoms with Crippen LogP contribution in [-0.4, -0.2) is 40.8 Å². The maximum atomic E-state index is 4.78. The van der Waals surface area contributed by atoms with Crippen LogP contribution in [0.25, 0.3) is 0 Å². The van der Waals surface area contributed by atoms with Crippen molar-refractivity contribution in [2.75, 3.05) is 20.1 Å². The SMILES string of the molecule is CCNC(=NCCCCC1CCCC1)N(C)Cc1cnn(C)c1.I. The summed E-state index contributed by atoms with van der Waals surface area (Å²) in [5.41, 5.74) is 1.21. The van der Waals surface area contributed by atoms with E-state index in [1.165, 1.54) is 50.5 Å². The molecule has 1 aromatic rings. The molecule has 1 aliphatic rings. The Bertz CT molecular complexity index is 480. The Hall–Kier alpha value is -0.790. The van der Waals surface area contributed by atoms with Crippen LogP contribution in [0, 0.1) is 5.92 Å². The van der Waals surface area contributed by atoms with Gasteiger partial charge in [-0.05, 0) is 19.3 Å². The Kier molecular flexibility index (Phi) is 10.4. The normalized spacial score (nSPS) is 15.4. The van der Waals surface area contributed by atoms with Crippen LogP contribution in [0.1, 0.15) is 57.4 Å². The molecular formula is C18H34IN5. The molecule has 24 heavy (non-hydrogen) atoms. The molecule has 0 spiro atoms. The van der Waals surface area contributed by atoms with Crippen molar-refractivity contribution in [3.05, 3.63) is 18.0 Å². The second-order valence-electron chi connectivity index (χ2n) is 6.76. The minimum absolute atomic E-state index is 0. The van der Waals surface area contributed by atoms with Gasteiger partial charge in [-0.3, -0.25) is 9.67 Å². The van der Waals surface area contributed by atoms with Crippen LogP contribution in [0.4, 0.5) is 0 Å². The Morgan fingerprint density at radius 2 is 2.12 bits per heavy atom. The smallest absolute Gasteiger partial charge is 0.193 e. The Labute approximate surface area is 164 Å². The van der Waals surface area contributed by atoms with Gasteiger partial charge in [-0.25, -0.2) is 0 Å². The third-order valence-corrected chi connectivity index (χ3v) is 4.63. The van der Waals surface area contributed by atoms with Gasteiger partial charge in [-0.2, -0.15) is 5.10 Å². The lowest BCUT2D eigenvalue weighted by molar-refractivity contribution is 0.466. The van der Waals surface area contributed by atoms with E-state index in [4.69, 9.17) is 4.99 Å². The van der Waals surface area contributed by atoms with E-state index in [0.29, 0.717) is 0 Å². The summed E-state index contributed by atoms with van der Waals surface area (Å²) in [6.07, 6.45) is 13.7. The molecule has 1 N–H and O–H groups in total. The highest BCUT2D eigenvalue weighted by atomic mass is 127. The molecule has 1 fully saturated rings. The summed E-state index contributed by atoms with van der Waals surface area (Å²) in [5.74, 6) is 2.00. The van der Waals surface area contributed by atoms with Crippen molar-refractivity contribution in [1.29, 1.82) is 0 Å². The Morgan fingerprint density at radius 3 is 2.75 bits per heavy atom. The molecule has 0 amide bonds. The fraction of sp³-hybridized carbons (Fsp3) is 0.778. The van der Waals surface area contributed by atoms with E-state index in [9.17, 15) is 0 Å². The molecule has 0 aromatic carbocycles. The number of guanidine groups is 1. The van der Waals surface area contributed by atoms with Crippen molar-refractivity contribution < 1.29 is 0 Å². The number of nitrogens with zero attached hydrogens (tertiary/aromatic N) is 4. The van der Waals surface area contributed by atoms with Gasteiger partial charge in [0.15, 0.2) is 5.96 Å². The largest absolute Gasteiger partial charge is 0.357 e. The zero-order valence-electron chi connectivity index (χ0n) is 15.5. The first kappa shape index (κ1) is 21.3. The molecule has 0 aliphatic heterocycles. The minimum atomic E-state index is 0. The highest BCUT2D eigenvalue weighted by Crippen LogP contribution is 2.28. The minimum Gasteiger partial charge on any atom is -0.357 e. The number of aromatic nitrogens is 2. The second-order valence-corrected chi connectivity index (χ2v) is 6.76. The fourth-order valence-corrected chi connectivity index (χ4v) is 3.40. The molecular weight excluding hydrogens is 413 g/mol. The first-order valence-corrected chi connectivity index (χ1v) is 9.16.